The van der Waals surface area contributed by atoms with Crippen LogP contribution in [0.4, 0.5) is 0 Å². The van der Waals surface area contributed by atoms with Crippen molar-refractivity contribution >= 4 is 23.2 Å². The molecule has 1 aromatic heterocycles. The van der Waals surface area contributed by atoms with Gasteiger partial charge in [-0.3, -0.25) is 20.4 Å². The van der Waals surface area contributed by atoms with E-state index in [9.17, 15) is 9.59 Å². The number of rotatable bonds is 7. The number of carbonyl (C=O) groups excluding carboxylic acids is 2. The SMILES string of the molecule is CCCOc1ccccc1OCC(=O)NNC(=O)c1cc2c(s1)CC[C@@H](C)C2. The number of amides is 2. The Morgan fingerprint density at radius 1 is 1.18 bits per heavy atom. The second kappa shape index (κ2) is 9.59. The molecular formula is C21H26N2O4S. The van der Waals surface area contributed by atoms with E-state index >= 15 is 0 Å². The fourth-order valence-corrected chi connectivity index (χ4v) is 4.19. The first kappa shape index (κ1) is 20.2. The van der Waals surface area contributed by atoms with Gasteiger partial charge < -0.3 is 9.47 Å². The molecule has 0 saturated carbocycles. The smallest absolute Gasteiger partial charge is 0.279 e. The third-order valence-electron chi connectivity index (χ3n) is 4.54. The van der Waals surface area contributed by atoms with Gasteiger partial charge in [0.05, 0.1) is 11.5 Å². The van der Waals surface area contributed by atoms with Crippen LogP contribution >= 0.6 is 11.3 Å². The molecule has 1 atom stereocenters. The summed E-state index contributed by atoms with van der Waals surface area (Å²) in [5.41, 5.74) is 6.13. The molecule has 0 unspecified atom stereocenters. The van der Waals surface area contributed by atoms with Crippen LogP contribution in [0.2, 0.25) is 0 Å². The number of aryl methyl sites for hydroxylation is 1. The van der Waals surface area contributed by atoms with Gasteiger partial charge in [0, 0.05) is 4.88 Å². The summed E-state index contributed by atoms with van der Waals surface area (Å²) in [6, 6.07) is 9.14. The molecule has 0 spiro atoms. The van der Waals surface area contributed by atoms with Crippen LogP contribution in [0.5, 0.6) is 11.5 Å². The lowest BCUT2D eigenvalue weighted by molar-refractivity contribution is -0.123. The Morgan fingerprint density at radius 3 is 2.68 bits per heavy atom. The predicted octanol–water partition coefficient (Wildman–Crippen LogP) is 3.50. The van der Waals surface area contributed by atoms with Gasteiger partial charge in [0.15, 0.2) is 18.1 Å². The van der Waals surface area contributed by atoms with Crippen molar-refractivity contribution in [2.24, 2.45) is 5.92 Å². The second-order valence-corrected chi connectivity index (χ2v) is 8.13. The topological polar surface area (TPSA) is 76.7 Å². The minimum Gasteiger partial charge on any atom is -0.490 e. The van der Waals surface area contributed by atoms with E-state index in [1.54, 1.807) is 12.1 Å². The normalized spacial score (nSPS) is 15.4. The highest BCUT2D eigenvalue weighted by Crippen LogP contribution is 2.32. The van der Waals surface area contributed by atoms with Crippen molar-refractivity contribution in [1.82, 2.24) is 10.9 Å². The van der Waals surface area contributed by atoms with Crippen molar-refractivity contribution in [3.8, 4) is 11.5 Å². The van der Waals surface area contributed by atoms with Crippen molar-refractivity contribution in [3.05, 3.63) is 45.6 Å². The van der Waals surface area contributed by atoms with Gasteiger partial charge in [-0.2, -0.15) is 0 Å². The molecule has 1 aliphatic carbocycles. The Labute approximate surface area is 169 Å². The van der Waals surface area contributed by atoms with E-state index in [0.717, 1.165) is 25.7 Å². The van der Waals surface area contributed by atoms with Crippen molar-refractivity contribution in [3.63, 3.8) is 0 Å². The van der Waals surface area contributed by atoms with Gasteiger partial charge in [-0.25, -0.2) is 0 Å². The molecule has 0 aliphatic heterocycles. The molecule has 3 rings (SSSR count). The van der Waals surface area contributed by atoms with E-state index in [4.69, 9.17) is 9.47 Å². The predicted molar refractivity (Wildman–Crippen MR) is 109 cm³/mol. The molecule has 1 aromatic carbocycles. The number of para-hydroxylation sites is 2. The summed E-state index contributed by atoms with van der Waals surface area (Å²) in [7, 11) is 0. The van der Waals surface area contributed by atoms with Crippen LogP contribution < -0.4 is 20.3 Å². The first-order chi connectivity index (χ1) is 13.6. The molecule has 2 amide bonds. The van der Waals surface area contributed by atoms with Crippen molar-refractivity contribution in [2.75, 3.05) is 13.2 Å². The fraction of sp³-hybridized carbons (Fsp3) is 0.429. The van der Waals surface area contributed by atoms with E-state index < -0.39 is 5.91 Å². The van der Waals surface area contributed by atoms with Crippen LogP contribution in [0, 0.1) is 5.92 Å². The third-order valence-corrected chi connectivity index (χ3v) is 5.77. The van der Waals surface area contributed by atoms with Crippen LogP contribution in [0.3, 0.4) is 0 Å². The Morgan fingerprint density at radius 2 is 1.93 bits per heavy atom. The van der Waals surface area contributed by atoms with Crippen LogP contribution in [0.15, 0.2) is 30.3 Å². The summed E-state index contributed by atoms with van der Waals surface area (Å²) in [6.45, 7) is 4.60. The minimum atomic E-state index is -0.436. The highest BCUT2D eigenvalue weighted by Gasteiger charge is 2.21. The zero-order chi connectivity index (χ0) is 19.9. The molecule has 6 nitrogen and oxygen atoms in total. The van der Waals surface area contributed by atoms with E-state index in [1.807, 2.05) is 25.1 Å². The Hall–Kier alpha value is -2.54. The lowest BCUT2D eigenvalue weighted by Gasteiger charge is -2.16. The highest BCUT2D eigenvalue weighted by atomic mass is 32.1. The molecular weight excluding hydrogens is 376 g/mol. The summed E-state index contributed by atoms with van der Waals surface area (Å²) in [5.74, 6) is 1.01. The number of carbonyl (C=O) groups is 2. The molecule has 0 fully saturated rings. The first-order valence-electron chi connectivity index (χ1n) is 9.62. The van der Waals surface area contributed by atoms with Gasteiger partial charge in [-0.05, 0) is 55.4 Å². The number of thiophene rings is 1. The third kappa shape index (κ3) is 5.25. The summed E-state index contributed by atoms with van der Waals surface area (Å²) >= 11 is 1.51. The summed E-state index contributed by atoms with van der Waals surface area (Å²) in [5, 5.41) is 0. The van der Waals surface area contributed by atoms with Crippen molar-refractivity contribution < 1.29 is 19.1 Å². The molecule has 2 N–H and O–H groups in total. The van der Waals surface area contributed by atoms with Crippen LogP contribution in [0.25, 0.3) is 0 Å². The van der Waals surface area contributed by atoms with Gasteiger partial charge in [-0.15, -0.1) is 11.3 Å². The van der Waals surface area contributed by atoms with Gasteiger partial charge in [0.1, 0.15) is 0 Å². The second-order valence-electron chi connectivity index (χ2n) is 6.99. The van der Waals surface area contributed by atoms with E-state index in [-0.39, 0.29) is 12.5 Å². The molecule has 1 heterocycles. The zero-order valence-electron chi connectivity index (χ0n) is 16.2. The van der Waals surface area contributed by atoms with Gasteiger partial charge in [-0.1, -0.05) is 26.0 Å². The lowest BCUT2D eigenvalue weighted by atomic mass is 9.90. The van der Waals surface area contributed by atoms with Crippen LogP contribution in [0.1, 0.15) is 46.8 Å². The van der Waals surface area contributed by atoms with Gasteiger partial charge in [0.2, 0.25) is 0 Å². The Bertz CT molecular complexity index is 834. The number of hydrogen-bond donors (Lipinski definition) is 2. The molecule has 150 valence electrons. The van der Waals surface area contributed by atoms with Crippen molar-refractivity contribution in [2.45, 2.75) is 39.5 Å². The van der Waals surface area contributed by atoms with E-state index in [0.29, 0.717) is 28.9 Å². The monoisotopic (exact) mass is 402 g/mol. The van der Waals surface area contributed by atoms with E-state index in [2.05, 4.69) is 17.8 Å². The number of benzene rings is 1. The maximum Gasteiger partial charge on any atom is 0.279 e. The van der Waals surface area contributed by atoms with E-state index in [1.165, 1.54) is 21.8 Å². The van der Waals surface area contributed by atoms with Crippen molar-refractivity contribution in [1.29, 1.82) is 0 Å². The quantitative estimate of drug-likeness (QED) is 0.695. The highest BCUT2D eigenvalue weighted by molar-refractivity contribution is 7.14. The molecule has 1 aliphatic rings. The number of ether oxygens (including phenoxy) is 2. The average molecular weight is 403 g/mol. The lowest BCUT2D eigenvalue weighted by Crippen LogP contribution is -2.43. The minimum absolute atomic E-state index is 0.217. The maximum absolute atomic E-state index is 12.3. The molecule has 28 heavy (non-hydrogen) atoms. The standard InChI is InChI=1S/C21H26N2O4S/c1-3-10-26-16-6-4-5-7-17(16)27-13-20(24)22-23-21(25)19-12-15-11-14(2)8-9-18(15)28-19/h4-7,12,14H,3,8-11,13H2,1-2H3,(H,22,24)(H,23,25)/t14-/m1/s1. The van der Waals surface area contributed by atoms with Crippen LogP contribution in [-0.4, -0.2) is 25.0 Å². The number of nitrogens with one attached hydrogen (secondary N) is 2. The zero-order valence-corrected chi connectivity index (χ0v) is 17.1. The summed E-state index contributed by atoms with van der Waals surface area (Å²) < 4.78 is 11.1. The molecule has 2 aromatic rings. The fourth-order valence-electron chi connectivity index (χ4n) is 3.09. The largest absolute Gasteiger partial charge is 0.490 e. The number of fused-ring (bicyclic) bond motifs is 1. The summed E-state index contributed by atoms with van der Waals surface area (Å²) in [4.78, 5) is 26.2. The first-order valence-corrected chi connectivity index (χ1v) is 10.4. The number of hydrogen-bond acceptors (Lipinski definition) is 5. The molecule has 0 saturated heterocycles. The van der Waals surface area contributed by atoms with Crippen LogP contribution in [-0.2, 0) is 17.6 Å². The molecule has 7 heteroatoms. The maximum atomic E-state index is 12.3. The van der Waals surface area contributed by atoms with Gasteiger partial charge >= 0.3 is 0 Å². The Kier molecular flexibility index (Phi) is 6.92. The molecule has 0 bridgehead atoms. The summed E-state index contributed by atoms with van der Waals surface area (Å²) in [6.07, 6.45) is 4.07. The number of hydrazine groups is 1. The molecule has 0 radical (unpaired) electrons. The van der Waals surface area contributed by atoms with Gasteiger partial charge in [0.25, 0.3) is 11.8 Å². The average Bonchev–Trinajstić information content (AvgIpc) is 3.12. The Balaban J connectivity index is 1.48.